The predicted octanol–water partition coefficient (Wildman–Crippen LogP) is 1.89. The Labute approximate surface area is 87.5 Å². The van der Waals surface area contributed by atoms with E-state index in [1.807, 2.05) is 13.0 Å². The summed E-state index contributed by atoms with van der Waals surface area (Å²) >= 11 is 0. The van der Waals surface area contributed by atoms with Gasteiger partial charge in [-0.15, -0.1) is 0 Å². The van der Waals surface area contributed by atoms with Gasteiger partial charge in [0.15, 0.2) is 5.58 Å². The van der Waals surface area contributed by atoms with Crippen LogP contribution in [0.5, 0.6) is 5.75 Å². The summed E-state index contributed by atoms with van der Waals surface area (Å²) in [6, 6.07) is 5.05. The Kier molecular flexibility index (Phi) is 3.32. The Bertz CT molecular complexity index is 509. The third kappa shape index (κ3) is 1.78. The van der Waals surface area contributed by atoms with Gasteiger partial charge < -0.3 is 15.3 Å². The summed E-state index contributed by atoms with van der Waals surface area (Å²) in [6.45, 7) is 1.83. The molecule has 0 aliphatic carbocycles. The zero-order valence-electron chi connectivity index (χ0n) is 8.61. The van der Waals surface area contributed by atoms with Gasteiger partial charge in [-0.2, -0.15) is 5.26 Å². The zero-order chi connectivity index (χ0) is 11.4. The van der Waals surface area contributed by atoms with Crippen LogP contribution in [0.25, 0.3) is 11.0 Å². The summed E-state index contributed by atoms with van der Waals surface area (Å²) in [6.07, 6.45) is 1.53. The molecule has 4 heteroatoms. The number of furan rings is 1. The first-order chi connectivity index (χ1) is 7.24. The van der Waals surface area contributed by atoms with E-state index in [2.05, 4.69) is 5.73 Å². The molecule has 4 nitrogen and oxygen atoms in total. The quantitative estimate of drug-likeness (QED) is 0.686. The van der Waals surface area contributed by atoms with Crippen molar-refractivity contribution in [3.63, 3.8) is 0 Å². The smallest absolute Gasteiger partial charge is 0.155 e. The van der Waals surface area contributed by atoms with Crippen molar-refractivity contribution in [3.05, 3.63) is 29.5 Å². The fourth-order valence-electron chi connectivity index (χ4n) is 1.37. The van der Waals surface area contributed by atoms with Crippen molar-refractivity contribution >= 4 is 11.0 Å². The van der Waals surface area contributed by atoms with E-state index < -0.39 is 0 Å². The maximum absolute atomic E-state index is 9.49. The molecule has 15 heavy (non-hydrogen) atoms. The molecule has 0 fully saturated rings. The van der Waals surface area contributed by atoms with E-state index in [0.717, 1.165) is 5.56 Å². The van der Waals surface area contributed by atoms with E-state index in [1.54, 1.807) is 6.07 Å². The van der Waals surface area contributed by atoms with Crippen LogP contribution in [0.2, 0.25) is 0 Å². The molecule has 0 spiro atoms. The summed E-state index contributed by atoms with van der Waals surface area (Å²) in [7, 11) is 1.50. The number of fused-ring (bicyclic) bond motifs is 1. The molecule has 1 aromatic carbocycles. The fraction of sp³-hybridized carbons (Fsp3) is 0.182. The van der Waals surface area contributed by atoms with E-state index >= 15 is 0 Å². The molecule has 3 N–H and O–H groups in total. The summed E-state index contributed by atoms with van der Waals surface area (Å²) in [5, 5.41) is 18.9. The molecular weight excluding hydrogens is 192 g/mol. The number of rotatable bonds is 0. The van der Waals surface area contributed by atoms with Crippen LogP contribution in [0.4, 0.5) is 0 Å². The van der Waals surface area contributed by atoms with Crippen LogP contribution in [0.3, 0.4) is 0 Å². The second-order valence-corrected chi connectivity index (χ2v) is 2.87. The van der Waals surface area contributed by atoms with Gasteiger partial charge in [0.2, 0.25) is 0 Å². The number of hydrogen-bond donors (Lipinski definition) is 2. The highest BCUT2D eigenvalue weighted by Crippen LogP contribution is 2.31. The number of phenolic OH excluding ortho intramolecular Hbond substituents is 1. The van der Waals surface area contributed by atoms with Gasteiger partial charge in [-0.1, -0.05) is 0 Å². The second-order valence-electron chi connectivity index (χ2n) is 2.87. The van der Waals surface area contributed by atoms with Crippen LogP contribution in [0.1, 0.15) is 11.1 Å². The van der Waals surface area contributed by atoms with Gasteiger partial charge in [0, 0.05) is 0 Å². The predicted molar refractivity (Wildman–Crippen MR) is 57.4 cm³/mol. The highest BCUT2D eigenvalue weighted by molar-refractivity contribution is 5.90. The summed E-state index contributed by atoms with van der Waals surface area (Å²) in [4.78, 5) is 0. The molecule has 0 bridgehead atoms. The van der Waals surface area contributed by atoms with Crippen LogP contribution in [-0.4, -0.2) is 12.2 Å². The van der Waals surface area contributed by atoms with Gasteiger partial charge in [-0.25, -0.2) is 0 Å². The van der Waals surface area contributed by atoms with E-state index in [1.165, 1.54) is 19.4 Å². The average Bonchev–Trinajstić information content (AvgIpc) is 2.66. The molecule has 0 radical (unpaired) electrons. The number of phenols is 1. The average molecular weight is 204 g/mol. The van der Waals surface area contributed by atoms with E-state index in [9.17, 15) is 5.11 Å². The van der Waals surface area contributed by atoms with Crippen molar-refractivity contribution < 1.29 is 9.52 Å². The summed E-state index contributed by atoms with van der Waals surface area (Å²) < 4.78 is 5.17. The van der Waals surface area contributed by atoms with Crippen LogP contribution in [-0.2, 0) is 0 Å². The topological polar surface area (TPSA) is 83.2 Å². The van der Waals surface area contributed by atoms with Gasteiger partial charge >= 0.3 is 0 Å². The minimum absolute atomic E-state index is 0.153. The monoisotopic (exact) mass is 204 g/mol. The van der Waals surface area contributed by atoms with Crippen LogP contribution >= 0.6 is 0 Å². The Morgan fingerprint density at radius 3 is 2.67 bits per heavy atom. The van der Waals surface area contributed by atoms with Crippen molar-refractivity contribution in [3.8, 4) is 11.8 Å². The lowest BCUT2D eigenvalue weighted by Crippen LogP contribution is -1.76. The number of hydrogen-bond acceptors (Lipinski definition) is 4. The standard InChI is InChI=1S/C10H7NO2.CH5N/c1-6-5-13-10-7(4-11)2-3-8(12)9(6)10;1-2/h2-3,5,12H,1H3;2H2,1H3. The largest absolute Gasteiger partial charge is 0.507 e. The number of nitriles is 1. The molecule has 1 aromatic heterocycles. The van der Waals surface area contributed by atoms with Gasteiger partial charge in [-0.3, -0.25) is 0 Å². The van der Waals surface area contributed by atoms with Gasteiger partial charge in [0.25, 0.3) is 0 Å². The Morgan fingerprint density at radius 2 is 2.07 bits per heavy atom. The second kappa shape index (κ2) is 4.49. The third-order valence-corrected chi connectivity index (χ3v) is 2.00. The molecule has 1 heterocycles. The number of aryl methyl sites for hydroxylation is 1. The van der Waals surface area contributed by atoms with Gasteiger partial charge in [-0.05, 0) is 31.7 Å². The molecule has 0 atom stereocenters. The Balaban J connectivity index is 0.000000531. The number of benzene rings is 1. The fourth-order valence-corrected chi connectivity index (χ4v) is 1.37. The molecule has 78 valence electrons. The molecule has 0 unspecified atom stereocenters. The lowest BCUT2D eigenvalue weighted by Gasteiger charge is -1.95. The van der Waals surface area contributed by atoms with Crippen LogP contribution < -0.4 is 5.73 Å². The molecule has 2 rings (SSSR count). The van der Waals surface area contributed by atoms with Gasteiger partial charge in [0.05, 0.1) is 17.2 Å². The van der Waals surface area contributed by atoms with Gasteiger partial charge in [0.1, 0.15) is 11.8 Å². The van der Waals surface area contributed by atoms with E-state index in [4.69, 9.17) is 9.68 Å². The number of nitrogens with zero attached hydrogens (tertiary/aromatic N) is 1. The van der Waals surface area contributed by atoms with Crippen LogP contribution in [0.15, 0.2) is 22.8 Å². The normalized spacial score (nSPS) is 9.20. The SMILES string of the molecule is CN.Cc1coc2c(C#N)ccc(O)c12. The van der Waals surface area contributed by atoms with Crippen molar-refractivity contribution in [2.75, 3.05) is 7.05 Å². The molecule has 2 aromatic rings. The molecule has 0 aliphatic heterocycles. The first-order valence-electron chi connectivity index (χ1n) is 4.41. The highest BCUT2D eigenvalue weighted by atomic mass is 16.3. The first kappa shape index (κ1) is 11.1. The minimum Gasteiger partial charge on any atom is -0.507 e. The minimum atomic E-state index is 0.153. The molecule has 0 amide bonds. The van der Waals surface area contributed by atoms with Crippen LogP contribution in [0, 0.1) is 18.3 Å². The highest BCUT2D eigenvalue weighted by Gasteiger charge is 2.10. The Hall–Kier alpha value is -1.99. The molecule has 0 saturated heterocycles. The number of aromatic hydroxyl groups is 1. The lowest BCUT2D eigenvalue weighted by atomic mass is 10.1. The third-order valence-electron chi connectivity index (χ3n) is 2.00. The summed E-state index contributed by atoms with van der Waals surface area (Å²) in [5.41, 5.74) is 6.24. The maximum atomic E-state index is 9.49. The summed E-state index contributed by atoms with van der Waals surface area (Å²) in [5.74, 6) is 0.153. The first-order valence-corrected chi connectivity index (χ1v) is 4.41. The number of nitrogens with two attached hydrogens (primary N) is 1. The Morgan fingerprint density at radius 1 is 1.40 bits per heavy atom. The van der Waals surface area contributed by atoms with E-state index in [0.29, 0.717) is 16.5 Å². The lowest BCUT2D eigenvalue weighted by molar-refractivity contribution is 0.481. The van der Waals surface area contributed by atoms with Crippen molar-refractivity contribution in [2.24, 2.45) is 5.73 Å². The maximum Gasteiger partial charge on any atom is 0.155 e. The molecule has 0 aliphatic rings. The molecule has 0 saturated carbocycles. The van der Waals surface area contributed by atoms with E-state index in [-0.39, 0.29) is 5.75 Å². The zero-order valence-corrected chi connectivity index (χ0v) is 8.61. The molecular formula is C11H12N2O2. The van der Waals surface area contributed by atoms with Crippen molar-refractivity contribution in [1.29, 1.82) is 5.26 Å². The van der Waals surface area contributed by atoms with Crippen molar-refractivity contribution in [1.82, 2.24) is 0 Å². The van der Waals surface area contributed by atoms with Crippen molar-refractivity contribution in [2.45, 2.75) is 6.92 Å².